The number of rotatable bonds is 4. The SMILES string of the molecule is CN(C(=O)COc1ccc(F)cc1Cl)C1CC2CCC(C1)N2. The Balaban J connectivity index is 1.55. The molecule has 0 radical (unpaired) electrons. The van der Waals surface area contributed by atoms with Gasteiger partial charge in [0.15, 0.2) is 6.61 Å². The summed E-state index contributed by atoms with van der Waals surface area (Å²) in [7, 11) is 1.83. The molecule has 0 aliphatic carbocycles. The predicted molar refractivity (Wildman–Crippen MR) is 82.6 cm³/mol. The maximum absolute atomic E-state index is 13.0. The number of carbonyl (C=O) groups excluding carboxylic acids is 1. The fraction of sp³-hybridized carbons (Fsp3) is 0.562. The van der Waals surface area contributed by atoms with Gasteiger partial charge in [0.25, 0.3) is 5.91 Å². The molecule has 120 valence electrons. The summed E-state index contributed by atoms with van der Waals surface area (Å²) in [6, 6.07) is 5.21. The monoisotopic (exact) mass is 326 g/mol. The fourth-order valence-corrected chi connectivity index (χ4v) is 3.60. The summed E-state index contributed by atoms with van der Waals surface area (Å²) >= 11 is 5.89. The Labute approximate surface area is 134 Å². The summed E-state index contributed by atoms with van der Waals surface area (Å²) in [5.41, 5.74) is 0. The van der Waals surface area contributed by atoms with Gasteiger partial charge in [0.2, 0.25) is 0 Å². The lowest BCUT2D eigenvalue weighted by Crippen LogP contribution is -2.49. The van der Waals surface area contributed by atoms with Gasteiger partial charge in [0, 0.05) is 25.2 Å². The van der Waals surface area contributed by atoms with E-state index in [-0.39, 0.29) is 23.6 Å². The Hall–Kier alpha value is -1.33. The molecular weight excluding hydrogens is 307 g/mol. The van der Waals surface area contributed by atoms with Crippen LogP contribution in [0.3, 0.4) is 0 Å². The van der Waals surface area contributed by atoms with Gasteiger partial charge in [-0.3, -0.25) is 4.79 Å². The molecule has 2 aliphatic heterocycles. The molecule has 2 heterocycles. The average Bonchev–Trinajstić information content (AvgIpc) is 2.83. The van der Waals surface area contributed by atoms with Crippen molar-refractivity contribution in [3.63, 3.8) is 0 Å². The van der Waals surface area contributed by atoms with E-state index in [1.165, 1.54) is 31.0 Å². The van der Waals surface area contributed by atoms with Crippen LogP contribution < -0.4 is 10.1 Å². The molecule has 2 unspecified atom stereocenters. The molecule has 4 nitrogen and oxygen atoms in total. The van der Waals surface area contributed by atoms with Crippen molar-refractivity contribution in [2.45, 2.75) is 43.8 Å². The number of halogens is 2. The average molecular weight is 327 g/mol. The number of fused-ring (bicyclic) bond motifs is 2. The van der Waals surface area contributed by atoms with Crippen molar-refractivity contribution in [3.8, 4) is 5.75 Å². The number of hydrogen-bond donors (Lipinski definition) is 1. The van der Waals surface area contributed by atoms with E-state index in [9.17, 15) is 9.18 Å². The van der Waals surface area contributed by atoms with Gasteiger partial charge >= 0.3 is 0 Å². The van der Waals surface area contributed by atoms with Crippen LogP contribution in [0.15, 0.2) is 18.2 Å². The highest BCUT2D eigenvalue weighted by Crippen LogP contribution is 2.29. The molecule has 0 saturated carbocycles. The second-order valence-corrected chi connectivity index (χ2v) is 6.54. The van der Waals surface area contributed by atoms with Gasteiger partial charge in [0.05, 0.1) is 5.02 Å². The van der Waals surface area contributed by atoms with E-state index < -0.39 is 5.82 Å². The standard InChI is InChI=1S/C16H20ClFN2O2/c1-20(13-7-11-3-4-12(8-13)19-11)16(21)9-22-15-5-2-10(18)6-14(15)17/h2,5-6,11-13,19H,3-4,7-9H2,1H3. The molecule has 1 aromatic rings. The van der Waals surface area contributed by atoms with Crippen molar-refractivity contribution in [2.75, 3.05) is 13.7 Å². The van der Waals surface area contributed by atoms with Crippen molar-refractivity contribution in [3.05, 3.63) is 29.0 Å². The molecule has 0 aromatic heterocycles. The number of nitrogens with one attached hydrogen (secondary N) is 1. The van der Waals surface area contributed by atoms with Gasteiger partial charge in [-0.05, 0) is 43.9 Å². The van der Waals surface area contributed by atoms with Crippen LogP contribution in [0.4, 0.5) is 4.39 Å². The van der Waals surface area contributed by atoms with E-state index in [2.05, 4.69) is 5.32 Å². The van der Waals surface area contributed by atoms with E-state index in [1.807, 2.05) is 7.05 Å². The zero-order chi connectivity index (χ0) is 15.7. The first-order chi connectivity index (χ1) is 10.5. The van der Waals surface area contributed by atoms with Gasteiger partial charge in [-0.2, -0.15) is 0 Å². The molecule has 1 N–H and O–H groups in total. The minimum atomic E-state index is -0.425. The maximum atomic E-state index is 13.0. The molecule has 3 rings (SSSR count). The van der Waals surface area contributed by atoms with Crippen molar-refractivity contribution < 1.29 is 13.9 Å². The van der Waals surface area contributed by atoms with E-state index in [0.29, 0.717) is 17.8 Å². The van der Waals surface area contributed by atoms with Crippen LogP contribution in [0, 0.1) is 5.82 Å². The second-order valence-electron chi connectivity index (χ2n) is 6.13. The molecule has 2 fully saturated rings. The molecule has 2 bridgehead atoms. The minimum absolute atomic E-state index is 0.0771. The number of benzene rings is 1. The summed E-state index contributed by atoms with van der Waals surface area (Å²) in [4.78, 5) is 14.1. The fourth-order valence-electron chi connectivity index (χ4n) is 3.38. The largest absolute Gasteiger partial charge is 0.482 e. The molecule has 22 heavy (non-hydrogen) atoms. The normalized spacial score (nSPS) is 26.8. The highest BCUT2D eigenvalue weighted by molar-refractivity contribution is 6.32. The highest BCUT2D eigenvalue weighted by atomic mass is 35.5. The van der Waals surface area contributed by atoms with Crippen LogP contribution in [-0.2, 0) is 4.79 Å². The summed E-state index contributed by atoms with van der Waals surface area (Å²) in [5.74, 6) is -0.173. The molecule has 2 aliphatic rings. The number of amides is 1. The number of piperidine rings is 1. The lowest BCUT2D eigenvalue weighted by atomic mass is 9.98. The zero-order valence-corrected chi connectivity index (χ0v) is 13.3. The number of ether oxygens (including phenoxy) is 1. The van der Waals surface area contributed by atoms with Crippen molar-refractivity contribution in [1.82, 2.24) is 10.2 Å². The van der Waals surface area contributed by atoms with Gasteiger partial charge in [-0.25, -0.2) is 4.39 Å². The van der Waals surface area contributed by atoms with E-state index in [0.717, 1.165) is 12.8 Å². The Morgan fingerprint density at radius 1 is 1.41 bits per heavy atom. The van der Waals surface area contributed by atoms with Gasteiger partial charge < -0.3 is 15.0 Å². The van der Waals surface area contributed by atoms with Crippen molar-refractivity contribution in [1.29, 1.82) is 0 Å². The maximum Gasteiger partial charge on any atom is 0.260 e. The van der Waals surface area contributed by atoms with Crippen LogP contribution >= 0.6 is 11.6 Å². The molecular formula is C16H20ClFN2O2. The number of carbonyl (C=O) groups is 1. The van der Waals surface area contributed by atoms with Gasteiger partial charge in [0.1, 0.15) is 11.6 Å². The van der Waals surface area contributed by atoms with Crippen molar-refractivity contribution >= 4 is 17.5 Å². The number of likely N-dealkylation sites (N-methyl/N-ethyl adjacent to an activating group) is 1. The third kappa shape index (κ3) is 3.36. The molecule has 2 saturated heterocycles. The summed E-state index contributed by atoms with van der Waals surface area (Å²) in [5, 5.41) is 3.74. The molecule has 2 atom stereocenters. The Bertz CT molecular complexity index is 557. The summed E-state index contributed by atoms with van der Waals surface area (Å²) < 4.78 is 18.4. The number of hydrogen-bond acceptors (Lipinski definition) is 3. The minimum Gasteiger partial charge on any atom is -0.482 e. The van der Waals surface area contributed by atoms with Crippen LogP contribution in [0.25, 0.3) is 0 Å². The second kappa shape index (κ2) is 6.42. The van der Waals surface area contributed by atoms with E-state index in [4.69, 9.17) is 16.3 Å². The zero-order valence-electron chi connectivity index (χ0n) is 12.5. The van der Waals surface area contributed by atoms with Gasteiger partial charge in [-0.15, -0.1) is 0 Å². The highest BCUT2D eigenvalue weighted by Gasteiger charge is 2.36. The topological polar surface area (TPSA) is 41.6 Å². The number of nitrogens with zero attached hydrogens (tertiary/aromatic N) is 1. The summed E-state index contributed by atoms with van der Waals surface area (Å²) in [6.45, 7) is -0.0822. The van der Waals surface area contributed by atoms with Crippen LogP contribution in [0.5, 0.6) is 5.75 Å². The third-order valence-corrected chi connectivity index (χ3v) is 4.93. The predicted octanol–water partition coefficient (Wildman–Crippen LogP) is 2.60. The van der Waals surface area contributed by atoms with Crippen molar-refractivity contribution in [2.24, 2.45) is 0 Å². The van der Waals surface area contributed by atoms with Crippen LogP contribution in [0.2, 0.25) is 5.02 Å². The molecule has 0 spiro atoms. The summed E-state index contributed by atoms with van der Waals surface area (Å²) in [6.07, 6.45) is 4.39. The smallest absolute Gasteiger partial charge is 0.260 e. The molecule has 1 amide bonds. The first-order valence-electron chi connectivity index (χ1n) is 7.62. The first kappa shape index (κ1) is 15.6. The lowest BCUT2D eigenvalue weighted by molar-refractivity contribution is -0.134. The van der Waals surface area contributed by atoms with E-state index >= 15 is 0 Å². The Kier molecular flexibility index (Phi) is 4.54. The molecule has 6 heteroatoms. The third-order valence-electron chi connectivity index (χ3n) is 4.63. The Morgan fingerprint density at radius 2 is 2.09 bits per heavy atom. The quantitative estimate of drug-likeness (QED) is 0.924. The van der Waals surface area contributed by atoms with Gasteiger partial charge in [-0.1, -0.05) is 11.6 Å². The Morgan fingerprint density at radius 3 is 2.73 bits per heavy atom. The van der Waals surface area contributed by atoms with Crippen LogP contribution in [0.1, 0.15) is 25.7 Å². The lowest BCUT2D eigenvalue weighted by Gasteiger charge is -2.35. The molecule has 1 aromatic carbocycles. The van der Waals surface area contributed by atoms with E-state index in [1.54, 1.807) is 4.90 Å². The van der Waals surface area contributed by atoms with Crippen LogP contribution in [-0.4, -0.2) is 42.6 Å². The first-order valence-corrected chi connectivity index (χ1v) is 8.00.